The first-order chi connectivity index (χ1) is 11.8. The second-order valence-corrected chi connectivity index (χ2v) is 6.73. The molecule has 2 N–H and O–H groups in total. The summed E-state index contributed by atoms with van der Waals surface area (Å²) in [6, 6.07) is 8.24. The largest absolute Gasteiger partial charge is 0.492 e. The van der Waals surface area contributed by atoms with Crippen molar-refractivity contribution < 1.29 is 9.53 Å². The van der Waals surface area contributed by atoms with Crippen LogP contribution in [0.25, 0.3) is 0 Å². The van der Waals surface area contributed by atoms with Crippen molar-refractivity contribution in [2.24, 2.45) is 0 Å². The van der Waals surface area contributed by atoms with Gasteiger partial charge in [0.05, 0.1) is 6.04 Å². The molecular weight excluding hydrogens is 302 g/mol. The molecule has 1 aromatic rings. The highest BCUT2D eigenvalue weighted by Gasteiger charge is 2.21. The van der Waals surface area contributed by atoms with Gasteiger partial charge in [-0.05, 0) is 69.4 Å². The topological polar surface area (TPSA) is 53.6 Å². The second-order valence-electron chi connectivity index (χ2n) is 6.73. The van der Waals surface area contributed by atoms with Gasteiger partial charge in [0, 0.05) is 13.1 Å². The number of carbonyl (C=O) groups is 1. The Balaban J connectivity index is 1.32. The van der Waals surface area contributed by atoms with Crippen LogP contribution in [0, 0.1) is 0 Å². The average Bonchev–Trinajstić information content (AvgIpc) is 3.30. The molecule has 1 aromatic carbocycles. The molecule has 0 spiro atoms. The minimum Gasteiger partial charge on any atom is -0.492 e. The van der Waals surface area contributed by atoms with Gasteiger partial charge in [0.25, 0.3) is 0 Å². The molecule has 5 heteroatoms. The van der Waals surface area contributed by atoms with Crippen molar-refractivity contribution in [3.05, 3.63) is 29.8 Å². The maximum atomic E-state index is 11.9. The third-order valence-electron chi connectivity index (χ3n) is 4.89. The number of amides is 1. The van der Waals surface area contributed by atoms with Crippen LogP contribution in [-0.4, -0.2) is 56.2 Å². The van der Waals surface area contributed by atoms with Crippen LogP contribution in [0.1, 0.15) is 31.2 Å². The lowest BCUT2D eigenvalue weighted by atomic mass is 10.1. The normalized spacial score (nSPS) is 21.1. The summed E-state index contributed by atoms with van der Waals surface area (Å²) >= 11 is 0. The summed E-state index contributed by atoms with van der Waals surface area (Å²) in [6.07, 6.45) is 5.54. The number of nitrogens with zero attached hydrogens (tertiary/aromatic N) is 1. The summed E-state index contributed by atoms with van der Waals surface area (Å²) in [4.78, 5) is 14.4. The molecule has 0 aliphatic carbocycles. The van der Waals surface area contributed by atoms with E-state index < -0.39 is 0 Å². The van der Waals surface area contributed by atoms with Gasteiger partial charge >= 0.3 is 0 Å². The lowest BCUT2D eigenvalue weighted by molar-refractivity contribution is -0.122. The average molecular weight is 331 g/mol. The van der Waals surface area contributed by atoms with E-state index in [1.807, 2.05) is 12.1 Å². The van der Waals surface area contributed by atoms with E-state index in [1.165, 1.54) is 31.5 Å². The van der Waals surface area contributed by atoms with E-state index >= 15 is 0 Å². The van der Waals surface area contributed by atoms with Gasteiger partial charge in [-0.15, -0.1) is 0 Å². The molecule has 2 aliphatic rings. The number of ether oxygens (including phenoxy) is 1. The lowest BCUT2D eigenvalue weighted by Gasteiger charge is -2.15. The van der Waals surface area contributed by atoms with Crippen LogP contribution < -0.4 is 15.4 Å². The Hall–Kier alpha value is -1.59. The monoisotopic (exact) mass is 331 g/mol. The van der Waals surface area contributed by atoms with E-state index in [0.29, 0.717) is 6.54 Å². The zero-order valence-corrected chi connectivity index (χ0v) is 14.4. The molecule has 1 atom stereocenters. The maximum absolute atomic E-state index is 11.9. The van der Waals surface area contributed by atoms with Crippen molar-refractivity contribution in [1.29, 1.82) is 0 Å². The molecule has 2 aliphatic heterocycles. The lowest BCUT2D eigenvalue weighted by Crippen LogP contribution is -2.41. The number of hydrogen-bond donors (Lipinski definition) is 2. The molecule has 0 saturated carbocycles. The van der Waals surface area contributed by atoms with E-state index in [1.54, 1.807) is 0 Å². The number of rotatable bonds is 8. The van der Waals surface area contributed by atoms with Gasteiger partial charge < -0.3 is 15.4 Å². The molecule has 5 nitrogen and oxygen atoms in total. The van der Waals surface area contributed by atoms with Crippen molar-refractivity contribution >= 4 is 5.91 Å². The van der Waals surface area contributed by atoms with Gasteiger partial charge in [0.15, 0.2) is 0 Å². The van der Waals surface area contributed by atoms with Gasteiger partial charge in [-0.1, -0.05) is 12.1 Å². The highest BCUT2D eigenvalue weighted by molar-refractivity contribution is 5.81. The Kier molecular flexibility index (Phi) is 6.49. The smallest absolute Gasteiger partial charge is 0.237 e. The van der Waals surface area contributed by atoms with Crippen LogP contribution >= 0.6 is 0 Å². The Labute approximate surface area is 144 Å². The number of benzene rings is 1. The molecule has 2 fully saturated rings. The molecule has 0 aromatic heterocycles. The summed E-state index contributed by atoms with van der Waals surface area (Å²) in [7, 11) is 0. The maximum Gasteiger partial charge on any atom is 0.237 e. The quantitative estimate of drug-likeness (QED) is 0.759. The van der Waals surface area contributed by atoms with Crippen LogP contribution in [0.15, 0.2) is 24.3 Å². The fourth-order valence-corrected chi connectivity index (χ4v) is 3.41. The second kappa shape index (κ2) is 9.04. The van der Waals surface area contributed by atoms with Crippen molar-refractivity contribution in [3.63, 3.8) is 0 Å². The van der Waals surface area contributed by atoms with Crippen LogP contribution in [-0.2, 0) is 11.2 Å². The number of nitrogens with one attached hydrogen (secondary N) is 2. The predicted octanol–water partition coefficient (Wildman–Crippen LogP) is 1.57. The van der Waals surface area contributed by atoms with Crippen molar-refractivity contribution in [3.8, 4) is 5.75 Å². The molecule has 1 unspecified atom stereocenters. The molecular formula is C19H29N3O2. The number of likely N-dealkylation sites (tertiary alicyclic amines) is 1. The van der Waals surface area contributed by atoms with E-state index in [0.717, 1.165) is 44.7 Å². The van der Waals surface area contributed by atoms with E-state index in [9.17, 15) is 4.79 Å². The summed E-state index contributed by atoms with van der Waals surface area (Å²) in [5.41, 5.74) is 1.22. The first kappa shape index (κ1) is 17.2. The van der Waals surface area contributed by atoms with Crippen molar-refractivity contribution in [1.82, 2.24) is 15.5 Å². The van der Waals surface area contributed by atoms with Crippen LogP contribution in [0.5, 0.6) is 5.75 Å². The third kappa shape index (κ3) is 5.21. The highest BCUT2D eigenvalue weighted by Crippen LogP contribution is 2.13. The summed E-state index contributed by atoms with van der Waals surface area (Å²) in [6.45, 7) is 5.84. The van der Waals surface area contributed by atoms with E-state index in [-0.39, 0.29) is 11.9 Å². The Morgan fingerprint density at radius 2 is 2.00 bits per heavy atom. The summed E-state index contributed by atoms with van der Waals surface area (Å²) in [5.74, 6) is 1.06. The van der Waals surface area contributed by atoms with Gasteiger partial charge in [0.2, 0.25) is 5.91 Å². The SMILES string of the molecule is O=C(NCCc1ccc(OCCN2CCCC2)cc1)C1CCCN1. The third-order valence-corrected chi connectivity index (χ3v) is 4.89. The van der Waals surface area contributed by atoms with Crippen LogP contribution in [0.4, 0.5) is 0 Å². The number of hydrogen-bond acceptors (Lipinski definition) is 4. The highest BCUT2D eigenvalue weighted by atomic mass is 16.5. The molecule has 1 amide bonds. The van der Waals surface area contributed by atoms with E-state index in [4.69, 9.17) is 4.74 Å². The summed E-state index contributed by atoms with van der Waals surface area (Å²) in [5, 5.41) is 6.24. The van der Waals surface area contributed by atoms with Crippen LogP contribution in [0.3, 0.4) is 0 Å². The van der Waals surface area contributed by atoms with Crippen LogP contribution in [0.2, 0.25) is 0 Å². The molecule has 0 radical (unpaired) electrons. The first-order valence-corrected chi connectivity index (χ1v) is 9.26. The Morgan fingerprint density at radius 1 is 1.21 bits per heavy atom. The fraction of sp³-hybridized carbons (Fsp3) is 0.632. The number of carbonyl (C=O) groups excluding carboxylic acids is 1. The molecule has 2 saturated heterocycles. The predicted molar refractivity (Wildman–Crippen MR) is 95.3 cm³/mol. The Bertz CT molecular complexity index is 506. The van der Waals surface area contributed by atoms with E-state index in [2.05, 4.69) is 27.7 Å². The van der Waals surface area contributed by atoms with Gasteiger partial charge in [0.1, 0.15) is 12.4 Å². The molecule has 132 valence electrons. The molecule has 0 bridgehead atoms. The molecule has 2 heterocycles. The standard InChI is InChI=1S/C19H29N3O2/c23-19(18-4-3-10-20-18)21-11-9-16-5-7-17(8-6-16)24-15-14-22-12-1-2-13-22/h5-8,18,20H,1-4,9-15H2,(H,21,23). The summed E-state index contributed by atoms with van der Waals surface area (Å²) < 4.78 is 5.81. The van der Waals surface area contributed by atoms with Crippen molar-refractivity contribution in [2.45, 2.75) is 38.1 Å². The van der Waals surface area contributed by atoms with Gasteiger partial charge in [-0.3, -0.25) is 9.69 Å². The molecule has 3 rings (SSSR count). The van der Waals surface area contributed by atoms with Gasteiger partial charge in [-0.25, -0.2) is 0 Å². The first-order valence-electron chi connectivity index (χ1n) is 9.26. The fourth-order valence-electron chi connectivity index (χ4n) is 3.41. The van der Waals surface area contributed by atoms with Gasteiger partial charge in [-0.2, -0.15) is 0 Å². The van der Waals surface area contributed by atoms with Crippen molar-refractivity contribution in [2.75, 3.05) is 39.3 Å². The minimum atomic E-state index is 0.0105. The minimum absolute atomic E-state index is 0.0105. The zero-order chi connectivity index (χ0) is 16.6. The Morgan fingerprint density at radius 3 is 2.71 bits per heavy atom. The zero-order valence-electron chi connectivity index (χ0n) is 14.4. The molecule has 24 heavy (non-hydrogen) atoms.